The van der Waals surface area contributed by atoms with Gasteiger partial charge in [-0.1, -0.05) is 18.2 Å². The van der Waals surface area contributed by atoms with Gasteiger partial charge in [0.15, 0.2) is 11.5 Å². The highest BCUT2D eigenvalue weighted by Crippen LogP contribution is 2.30. The molecule has 0 saturated heterocycles. The third-order valence-electron chi connectivity index (χ3n) is 4.58. The fraction of sp³-hybridized carbons (Fsp3) is 0.115. The van der Waals surface area contributed by atoms with Gasteiger partial charge in [-0.2, -0.15) is 5.26 Å². The van der Waals surface area contributed by atoms with Gasteiger partial charge < -0.3 is 19.5 Å². The van der Waals surface area contributed by atoms with Gasteiger partial charge in [-0.3, -0.25) is 4.79 Å². The van der Waals surface area contributed by atoms with Crippen LogP contribution in [0.15, 0.2) is 72.3 Å². The molecule has 0 aliphatic rings. The zero-order chi connectivity index (χ0) is 24.5. The molecule has 3 rings (SSSR count). The van der Waals surface area contributed by atoms with E-state index in [2.05, 4.69) is 5.32 Å². The number of hydrogen-bond donors (Lipinski definition) is 1. The number of methoxy groups -OCH3 is 1. The van der Waals surface area contributed by atoms with Crippen molar-refractivity contribution < 1.29 is 28.2 Å². The van der Waals surface area contributed by atoms with E-state index in [0.29, 0.717) is 23.6 Å². The molecule has 3 aromatic rings. The van der Waals surface area contributed by atoms with Crippen LogP contribution in [0.2, 0.25) is 0 Å². The lowest BCUT2D eigenvalue weighted by atomic mass is 10.1. The van der Waals surface area contributed by atoms with Crippen molar-refractivity contribution in [3.05, 3.63) is 89.2 Å². The van der Waals surface area contributed by atoms with Gasteiger partial charge in [0, 0.05) is 0 Å². The number of halogens is 1. The Kier molecular flexibility index (Phi) is 7.97. The van der Waals surface area contributed by atoms with Crippen molar-refractivity contribution in [3.8, 4) is 23.3 Å². The van der Waals surface area contributed by atoms with E-state index in [0.717, 1.165) is 12.1 Å². The molecule has 0 heterocycles. The van der Waals surface area contributed by atoms with Gasteiger partial charge >= 0.3 is 5.97 Å². The summed E-state index contributed by atoms with van der Waals surface area (Å²) >= 11 is 0. The SMILES string of the molecule is CCOc1ccccc1NC(=O)/C(C#N)=C/c1ccc(OC(=O)c2ccc(F)cc2)c(OC)c1. The van der Waals surface area contributed by atoms with Crippen molar-refractivity contribution in [2.24, 2.45) is 0 Å². The summed E-state index contributed by atoms with van der Waals surface area (Å²) in [5.74, 6) is -0.938. The second kappa shape index (κ2) is 11.3. The Labute approximate surface area is 196 Å². The molecule has 34 heavy (non-hydrogen) atoms. The van der Waals surface area contributed by atoms with E-state index < -0.39 is 17.7 Å². The van der Waals surface area contributed by atoms with E-state index in [1.165, 1.54) is 37.5 Å². The van der Waals surface area contributed by atoms with E-state index >= 15 is 0 Å². The number of nitrogens with zero attached hydrogens (tertiary/aromatic N) is 1. The van der Waals surface area contributed by atoms with E-state index in [4.69, 9.17) is 14.2 Å². The number of carbonyl (C=O) groups excluding carboxylic acids is 2. The lowest BCUT2D eigenvalue weighted by Crippen LogP contribution is -2.14. The van der Waals surface area contributed by atoms with Crippen LogP contribution in [-0.4, -0.2) is 25.6 Å². The Hall–Kier alpha value is -4.64. The van der Waals surface area contributed by atoms with Crippen LogP contribution in [-0.2, 0) is 4.79 Å². The molecule has 0 fully saturated rings. The number of benzene rings is 3. The van der Waals surface area contributed by atoms with Crippen LogP contribution in [0.3, 0.4) is 0 Å². The number of anilines is 1. The van der Waals surface area contributed by atoms with Gasteiger partial charge in [-0.25, -0.2) is 9.18 Å². The number of nitriles is 1. The molecule has 0 saturated carbocycles. The third-order valence-corrected chi connectivity index (χ3v) is 4.58. The van der Waals surface area contributed by atoms with E-state index in [1.807, 2.05) is 13.0 Å². The Morgan fingerprint density at radius 1 is 1.03 bits per heavy atom. The van der Waals surface area contributed by atoms with E-state index in [9.17, 15) is 19.2 Å². The Bertz CT molecular complexity index is 1260. The van der Waals surface area contributed by atoms with Gasteiger partial charge in [0.05, 0.1) is 25.0 Å². The zero-order valence-electron chi connectivity index (χ0n) is 18.5. The molecule has 8 heteroatoms. The van der Waals surface area contributed by atoms with Crippen molar-refractivity contribution in [3.63, 3.8) is 0 Å². The summed E-state index contributed by atoms with van der Waals surface area (Å²) < 4.78 is 29.2. The van der Waals surface area contributed by atoms with Gasteiger partial charge in [0.25, 0.3) is 5.91 Å². The highest BCUT2D eigenvalue weighted by atomic mass is 19.1. The number of ether oxygens (including phenoxy) is 3. The fourth-order valence-corrected chi connectivity index (χ4v) is 2.96. The van der Waals surface area contributed by atoms with Crippen LogP contribution in [0, 0.1) is 17.1 Å². The molecule has 0 aliphatic carbocycles. The molecule has 0 bridgehead atoms. The van der Waals surface area contributed by atoms with Crippen molar-refractivity contribution >= 4 is 23.6 Å². The number of nitrogens with one attached hydrogen (secondary N) is 1. The van der Waals surface area contributed by atoms with Gasteiger partial charge in [0.2, 0.25) is 0 Å². The first-order valence-electron chi connectivity index (χ1n) is 10.3. The van der Waals surface area contributed by atoms with E-state index in [1.54, 1.807) is 30.3 Å². The predicted molar refractivity (Wildman–Crippen MR) is 124 cm³/mol. The van der Waals surface area contributed by atoms with Crippen LogP contribution >= 0.6 is 0 Å². The standard InChI is InChI=1S/C26H21FN2O5/c1-3-33-22-7-5-4-6-21(22)29-25(30)19(16-28)14-17-8-13-23(24(15-17)32-2)34-26(31)18-9-11-20(27)12-10-18/h4-15H,3H2,1-2H3,(H,29,30)/b19-14+. The van der Waals surface area contributed by atoms with Gasteiger partial charge in [0.1, 0.15) is 23.2 Å². The maximum Gasteiger partial charge on any atom is 0.343 e. The zero-order valence-corrected chi connectivity index (χ0v) is 18.5. The van der Waals surface area contributed by atoms with Crippen LogP contribution in [0.1, 0.15) is 22.8 Å². The van der Waals surface area contributed by atoms with Crippen molar-refractivity contribution in [1.82, 2.24) is 0 Å². The Morgan fingerprint density at radius 3 is 2.44 bits per heavy atom. The normalized spacial score (nSPS) is 10.7. The number of rotatable bonds is 8. The average molecular weight is 460 g/mol. The summed E-state index contributed by atoms with van der Waals surface area (Å²) in [7, 11) is 1.39. The molecule has 0 aromatic heterocycles. The molecule has 0 unspecified atom stereocenters. The highest BCUT2D eigenvalue weighted by molar-refractivity contribution is 6.10. The minimum Gasteiger partial charge on any atom is -0.493 e. The molecule has 0 aliphatic heterocycles. The summed E-state index contributed by atoms with van der Waals surface area (Å²) in [6.45, 7) is 2.25. The molecule has 1 amide bonds. The molecular formula is C26H21FN2O5. The third kappa shape index (κ3) is 5.99. The summed E-state index contributed by atoms with van der Waals surface area (Å²) in [5.41, 5.74) is 0.937. The van der Waals surface area contributed by atoms with Crippen LogP contribution in [0.25, 0.3) is 6.08 Å². The van der Waals surface area contributed by atoms with Crippen LogP contribution < -0.4 is 19.5 Å². The molecular weight excluding hydrogens is 439 g/mol. The number of amides is 1. The molecule has 0 radical (unpaired) electrons. The molecule has 0 atom stereocenters. The van der Waals surface area contributed by atoms with Crippen molar-refractivity contribution in [2.75, 3.05) is 19.0 Å². The average Bonchev–Trinajstić information content (AvgIpc) is 2.84. The molecule has 7 nitrogen and oxygen atoms in total. The Balaban J connectivity index is 1.80. The fourth-order valence-electron chi connectivity index (χ4n) is 2.96. The molecule has 0 spiro atoms. The first kappa shape index (κ1) is 24.0. The molecule has 3 aromatic carbocycles. The summed E-state index contributed by atoms with van der Waals surface area (Å²) in [6.07, 6.45) is 1.38. The second-order valence-electron chi connectivity index (χ2n) is 6.86. The molecule has 1 N–H and O–H groups in total. The smallest absolute Gasteiger partial charge is 0.343 e. The maximum atomic E-state index is 13.1. The topological polar surface area (TPSA) is 97.6 Å². The van der Waals surface area contributed by atoms with Crippen molar-refractivity contribution in [1.29, 1.82) is 5.26 Å². The number of hydrogen-bond acceptors (Lipinski definition) is 6. The molecule has 172 valence electrons. The second-order valence-corrected chi connectivity index (χ2v) is 6.86. The minimum absolute atomic E-state index is 0.127. The first-order valence-corrected chi connectivity index (χ1v) is 10.3. The highest BCUT2D eigenvalue weighted by Gasteiger charge is 2.15. The Morgan fingerprint density at radius 2 is 1.76 bits per heavy atom. The lowest BCUT2D eigenvalue weighted by molar-refractivity contribution is -0.112. The van der Waals surface area contributed by atoms with Gasteiger partial charge in [-0.05, 0) is 67.1 Å². The quantitative estimate of drug-likeness (QED) is 0.220. The summed E-state index contributed by atoms with van der Waals surface area (Å²) in [5, 5.41) is 12.2. The van der Waals surface area contributed by atoms with Crippen LogP contribution in [0.4, 0.5) is 10.1 Å². The van der Waals surface area contributed by atoms with E-state index in [-0.39, 0.29) is 22.6 Å². The number of esters is 1. The summed E-state index contributed by atoms with van der Waals surface area (Å²) in [4.78, 5) is 25.0. The first-order chi connectivity index (χ1) is 16.4. The predicted octanol–water partition coefficient (Wildman–Crippen LogP) is 5.00. The largest absolute Gasteiger partial charge is 0.493 e. The monoisotopic (exact) mass is 460 g/mol. The van der Waals surface area contributed by atoms with Crippen molar-refractivity contribution in [2.45, 2.75) is 6.92 Å². The summed E-state index contributed by atoms with van der Waals surface area (Å²) in [6, 6.07) is 18.3. The lowest BCUT2D eigenvalue weighted by Gasteiger charge is -2.11. The van der Waals surface area contributed by atoms with Gasteiger partial charge in [-0.15, -0.1) is 0 Å². The number of carbonyl (C=O) groups is 2. The van der Waals surface area contributed by atoms with Crippen LogP contribution in [0.5, 0.6) is 17.2 Å². The number of para-hydroxylation sites is 2. The minimum atomic E-state index is -0.688. The maximum absolute atomic E-state index is 13.1.